The van der Waals surface area contributed by atoms with Crippen molar-refractivity contribution in [1.29, 1.82) is 0 Å². The lowest BCUT2D eigenvalue weighted by Crippen LogP contribution is -2.36. The molecule has 6 nitrogen and oxygen atoms in total. The van der Waals surface area contributed by atoms with E-state index in [1.807, 2.05) is 24.1 Å². The first-order chi connectivity index (χ1) is 10.8. The molecule has 3 heterocycles. The quantitative estimate of drug-likeness (QED) is 0.903. The van der Waals surface area contributed by atoms with Gasteiger partial charge in [0.25, 0.3) is 0 Å². The van der Waals surface area contributed by atoms with Gasteiger partial charge < -0.3 is 5.32 Å². The average Bonchev–Trinajstić information content (AvgIpc) is 2.90. The van der Waals surface area contributed by atoms with Gasteiger partial charge in [-0.3, -0.25) is 9.58 Å². The first-order valence-corrected chi connectivity index (χ1v) is 8.81. The van der Waals surface area contributed by atoms with Crippen molar-refractivity contribution in [3.8, 4) is 0 Å². The minimum absolute atomic E-state index is 0.536. The van der Waals surface area contributed by atoms with Gasteiger partial charge in [-0.1, -0.05) is 5.21 Å². The summed E-state index contributed by atoms with van der Waals surface area (Å²) in [5.41, 5.74) is 1.71. The second-order valence-electron chi connectivity index (χ2n) is 6.51. The van der Waals surface area contributed by atoms with Crippen LogP contribution in [0, 0.1) is 5.41 Å². The summed E-state index contributed by atoms with van der Waals surface area (Å²) in [4.78, 5) is 7.06. The molecule has 0 bridgehead atoms. The summed E-state index contributed by atoms with van der Waals surface area (Å²) < 4.78 is 1.88. The van der Waals surface area contributed by atoms with E-state index in [2.05, 4.69) is 30.9 Å². The Morgan fingerprint density at radius 3 is 2.95 bits per heavy atom. The Morgan fingerprint density at radius 2 is 2.27 bits per heavy atom. The molecule has 1 spiro atoms. The minimum Gasteiger partial charge on any atom is -0.317 e. The van der Waals surface area contributed by atoms with Crippen LogP contribution >= 0.6 is 11.3 Å². The Labute approximate surface area is 134 Å². The molecule has 1 saturated carbocycles. The van der Waals surface area contributed by atoms with Crippen LogP contribution in [0.5, 0.6) is 0 Å². The number of nitrogens with one attached hydrogen (secondary N) is 1. The molecule has 0 radical (unpaired) electrons. The summed E-state index contributed by atoms with van der Waals surface area (Å²) in [6, 6.07) is 0.674. The molecule has 0 unspecified atom stereocenters. The first kappa shape index (κ1) is 14.3. The minimum atomic E-state index is 0.536. The molecule has 1 saturated heterocycles. The fraction of sp³-hybridized carbons (Fsp3) is 0.667. The predicted octanol–water partition coefficient (Wildman–Crippen LogP) is 1.42. The lowest BCUT2D eigenvalue weighted by atomic mass is 9.93. The fourth-order valence-corrected chi connectivity index (χ4v) is 4.39. The van der Waals surface area contributed by atoms with E-state index >= 15 is 0 Å². The third-order valence-corrected chi connectivity index (χ3v) is 5.95. The van der Waals surface area contributed by atoms with Gasteiger partial charge in [-0.05, 0) is 37.8 Å². The molecular formula is C15H22N6S. The van der Waals surface area contributed by atoms with E-state index in [9.17, 15) is 0 Å². The summed E-state index contributed by atoms with van der Waals surface area (Å²) in [6.45, 7) is 4.16. The number of aromatic nitrogens is 4. The average molecular weight is 318 g/mol. The molecule has 2 aromatic heterocycles. The topological polar surface area (TPSA) is 58.9 Å². The van der Waals surface area contributed by atoms with E-state index in [0.717, 1.165) is 26.2 Å². The summed E-state index contributed by atoms with van der Waals surface area (Å²) in [7, 11) is 1.97. The molecule has 1 aliphatic carbocycles. The third-order valence-electron chi connectivity index (χ3n) is 5.18. The van der Waals surface area contributed by atoms with Crippen LogP contribution in [0.4, 0.5) is 0 Å². The highest BCUT2D eigenvalue weighted by Gasteiger charge is 2.56. The van der Waals surface area contributed by atoms with Gasteiger partial charge in [-0.2, -0.15) is 0 Å². The molecule has 22 heavy (non-hydrogen) atoms. The van der Waals surface area contributed by atoms with Gasteiger partial charge in [-0.25, -0.2) is 4.98 Å². The number of rotatable bonds is 5. The normalized spacial score (nSPS) is 23.3. The summed E-state index contributed by atoms with van der Waals surface area (Å²) >= 11 is 1.75. The molecule has 118 valence electrons. The summed E-state index contributed by atoms with van der Waals surface area (Å²) in [5, 5.41) is 14.8. The molecule has 0 aromatic carbocycles. The molecular weight excluding hydrogens is 296 g/mol. The zero-order chi connectivity index (χ0) is 15.0. The Morgan fingerprint density at radius 1 is 1.41 bits per heavy atom. The molecule has 2 aromatic rings. The van der Waals surface area contributed by atoms with Crippen LogP contribution in [-0.2, 0) is 20.1 Å². The van der Waals surface area contributed by atoms with Gasteiger partial charge in [0, 0.05) is 31.2 Å². The maximum absolute atomic E-state index is 4.48. The van der Waals surface area contributed by atoms with E-state index in [0.29, 0.717) is 11.5 Å². The number of thiazole rings is 1. The van der Waals surface area contributed by atoms with E-state index in [-0.39, 0.29) is 0 Å². The fourth-order valence-electron chi connectivity index (χ4n) is 3.75. The molecule has 1 N–H and O–H groups in total. The number of hydrogen-bond donors (Lipinski definition) is 1. The number of hydrogen-bond acceptors (Lipinski definition) is 6. The SMILES string of the molecule is Cn1nncc1CN(Cc1nccs1)[C@H]1CC12CCNCC2. The van der Waals surface area contributed by atoms with Crippen LogP contribution < -0.4 is 5.32 Å². The Bertz CT molecular complexity index is 616. The number of aryl methyl sites for hydroxylation is 1. The van der Waals surface area contributed by atoms with E-state index < -0.39 is 0 Å². The van der Waals surface area contributed by atoms with Gasteiger partial charge in [-0.15, -0.1) is 16.4 Å². The highest BCUT2D eigenvalue weighted by molar-refractivity contribution is 7.09. The van der Waals surface area contributed by atoms with E-state index in [4.69, 9.17) is 0 Å². The second-order valence-corrected chi connectivity index (χ2v) is 7.49. The van der Waals surface area contributed by atoms with Crippen molar-refractivity contribution >= 4 is 11.3 Å². The first-order valence-electron chi connectivity index (χ1n) is 7.94. The van der Waals surface area contributed by atoms with Gasteiger partial charge in [0.05, 0.1) is 18.4 Å². The zero-order valence-corrected chi connectivity index (χ0v) is 13.7. The van der Waals surface area contributed by atoms with Crippen molar-refractivity contribution < 1.29 is 0 Å². The van der Waals surface area contributed by atoms with Gasteiger partial charge in [0.2, 0.25) is 0 Å². The van der Waals surface area contributed by atoms with Gasteiger partial charge in [0.15, 0.2) is 0 Å². The highest BCUT2D eigenvalue weighted by atomic mass is 32.1. The molecule has 2 fully saturated rings. The standard InChI is InChI=1S/C15H22N6S/c1-20-12(9-18-19-20)10-21(11-14-17-6-7-22-14)13-8-15(13)2-4-16-5-3-15/h6-7,9,13,16H,2-5,8,10-11H2,1H3/t13-/m0/s1. The number of nitrogens with zero attached hydrogens (tertiary/aromatic N) is 5. The Balaban J connectivity index is 1.52. The smallest absolute Gasteiger partial charge is 0.107 e. The third kappa shape index (κ3) is 2.68. The van der Waals surface area contributed by atoms with Crippen molar-refractivity contribution in [3.63, 3.8) is 0 Å². The largest absolute Gasteiger partial charge is 0.317 e. The van der Waals surface area contributed by atoms with Crippen LogP contribution in [0.3, 0.4) is 0 Å². The van der Waals surface area contributed by atoms with Crippen LogP contribution in [0.2, 0.25) is 0 Å². The van der Waals surface area contributed by atoms with Crippen LogP contribution in [-0.4, -0.2) is 44.0 Å². The van der Waals surface area contributed by atoms with Crippen molar-refractivity contribution in [3.05, 3.63) is 28.5 Å². The predicted molar refractivity (Wildman–Crippen MR) is 85.3 cm³/mol. The van der Waals surface area contributed by atoms with Crippen molar-refractivity contribution in [2.45, 2.75) is 38.4 Å². The van der Waals surface area contributed by atoms with Crippen LogP contribution in [0.15, 0.2) is 17.8 Å². The van der Waals surface area contributed by atoms with Crippen molar-refractivity contribution in [2.75, 3.05) is 13.1 Å². The van der Waals surface area contributed by atoms with Crippen molar-refractivity contribution in [2.24, 2.45) is 12.5 Å². The Kier molecular flexibility index (Phi) is 3.71. The molecule has 7 heteroatoms. The highest BCUT2D eigenvalue weighted by Crippen LogP contribution is 2.56. The lowest BCUT2D eigenvalue weighted by molar-refractivity contribution is 0.184. The molecule has 0 amide bonds. The second kappa shape index (κ2) is 5.72. The summed E-state index contributed by atoms with van der Waals surface area (Å²) in [6.07, 6.45) is 7.71. The van der Waals surface area contributed by atoms with Crippen molar-refractivity contribution in [1.82, 2.24) is 30.2 Å². The molecule has 1 atom stereocenters. The molecule has 4 rings (SSSR count). The van der Waals surface area contributed by atoms with Crippen LogP contribution in [0.1, 0.15) is 30.0 Å². The molecule has 1 aliphatic heterocycles. The zero-order valence-electron chi connectivity index (χ0n) is 12.9. The maximum Gasteiger partial charge on any atom is 0.107 e. The molecule has 2 aliphatic rings. The summed E-state index contributed by atoms with van der Waals surface area (Å²) in [5.74, 6) is 0. The number of piperidine rings is 1. The monoisotopic (exact) mass is 318 g/mol. The van der Waals surface area contributed by atoms with Gasteiger partial charge in [0.1, 0.15) is 5.01 Å². The van der Waals surface area contributed by atoms with E-state index in [1.165, 1.54) is 30.0 Å². The van der Waals surface area contributed by atoms with Crippen LogP contribution in [0.25, 0.3) is 0 Å². The Hall–Kier alpha value is -1.31. The maximum atomic E-state index is 4.48. The lowest BCUT2D eigenvalue weighted by Gasteiger charge is -2.29. The van der Waals surface area contributed by atoms with E-state index in [1.54, 1.807) is 11.3 Å². The van der Waals surface area contributed by atoms with Gasteiger partial charge >= 0.3 is 0 Å².